The Morgan fingerprint density at radius 3 is 2.78 bits per heavy atom. The lowest BCUT2D eigenvalue weighted by atomic mass is 10.1. The molecule has 1 saturated heterocycles. The summed E-state index contributed by atoms with van der Waals surface area (Å²) in [5.74, 6) is 0.288. The van der Waals surface area contributed by atoms with Crippen molar-refractivity contribution in [1.29, 1.82) is 0 Å². The van der Waals surface area contributed by atoms with Crippen LogP contribution in [0.1, 0.15) is 6.42 Å². The first-order valence-corrected chi connectivity index (χ1v) is 10.4. The van der Waals surface area contributed by atoms with Crippen molar-refractivity contribution in [3.8, 4) is 11.4 Å². The highest BCUT2D eigenvalue weighted by atomic mass is 32.2. The number of nitrogens with one attached hydrogen (secondary N) is 1. The van der Waals surface area contributed by atoms with Crippen LogP contribution < -0.4 is 5.32 Å². The van der Waals surface area contributed by atoms with Gasteiger partial charge in [-0.05, 0) is 30.7 Å². The van der Waals surface area contributed by atoms with E-state index in [0.717, 1.165) is 27.5 Å². The second kappa shape index (κ2) is 6.86. The lowest BCUT2D eigenvalue weighted by Crippen LogP contribution is -2.49. The van der Waals surface area contributed by atoms with Crippen LogP contribution in [0.4, 0.5) is 10.3 Å². The van der Waals surface area contributed by atoms with Crippen molar-refractivity contribution in [3.63, 3.8) is 0 Å². The molecule has 27 heavy (non-hydrogen) atoms. The minimum Gasteiger partial charge on any atom is -0.347 e. The maximum Gasteiger partial charge on any atom is 0.241 e. The summed E-state index contributed by atoms with van der Waals surface area (Å²) in [7, 11) is -3.39. The molecule has 3 aromatic heterocycles. The van der Waals surface area contributed by atoms with Crippen LogP contribution in [0.5, 0.6) is 0 Å². The summed E-state index contributed by atoms with van der Waals surface area (Å²) in [5.41, 5.74) is 2.37. The third kappa shape index (κ3) is 3.62. The van der Waals surface area contributed by atoms with Gasteiger partial charge >= 0.3 is 0 Å². The molecular weight excluding hydrogens is 371 g/mol. The first kappa shape index (κ1) is 17.8. The lowest BCUT2D eigenvalue weighted by molar-refractivity contribution is 0.186. The predicted molar refractivity (Wildman–Crippen MR) is 99.6 cm³/mol. The van der Waals surface area contributed by atoms with Gasteiger partial charge in [0.1, 0.15) is 6.17 Å². The van der Waals surface area contributed by atoms with Gasteiger partial charge in [-0.3, -0.25) is 4.98 Å². The highest BCUT2D eigenvalue weighted by molar-refractivity contribution is 7.88. The van der Waals surface area contributed by atoms with E-state index in [4.69, 9.17) is 0 Å². The average molecular weight is 390 g/mol. The molecule has 4 heterocycles. The molecule has 0 radical (unpaired) electrons. The molecule has 1 fully saturated rings. The number of pyridine rings is 1. The fraction of sp³-hybridized carbons (Fsp3) is 0.353. The topological polar surface area (TPSA) is 92.5 Å². The first-order valence-electron chi connectivity index (χ1n) is 8.54. The standard InChI is InChI=1S/C17H19FN6O2S/c1-27(25,26)23-9-7-14(13(18)11-23)21-17-20-10-12-5-6-16(24(12)22-17)15-4-2-3-8-19-15/h2-6,8,10,13-14H,7,9,11H2,1H3,(H,21,22)/t13-,14+/m1/s1. The number of anilines is 1. The fourth-order valence-corrected chi connectivity index (χ4v) is 4.03. The van der Waals surface area contributed by atoms with Crippen LogP contribution in [0.15, 0.2) is 42.7 Å². The Balaban J connectivity index is 1.57. The number of hydrogen-bond acceptors (Lipinski definition) is 6. The van der Waals surface area contributed by atoms with Gasteiger partial charge < -0.3 is 5.32 Å². The highest BCUT2D eigenvalue weighted by Gasteiger charge is 2.33. The van der Waals surface area contributed by atoms with E-state index in [1.165, 1.54) is 0 Å². The first-order chi connectivity index (χ1) is 12.9. The summed E-state index contributed by atoms with van der Waals surface area (Å²) in [6.07, 6.45) is 3.45. The molecule has 10 heteroatoms. The number of hydrogen-bond donors (Lipinski definition) is 1. The van der Waals surface area contributed by atoms with Crippen LogP contribution in [0.3, 0.4) is 0 Å². The summed E-state index contributed by atoms with van der Waals surface area (Å²) < 4.78 is 40.5. The number of sulfonamides is 1. The van der Waals surface area contributed by atoms with E-state index in [1.807, 2.05) is 30.3 Å². The van der Waals surface area contributed by atoms with Crippen LogP contribution >= 0.6 is 0 Å². The second-order valence-electron chi connectivity index (χ2n) is 6.53. The molecule has 1 aliphatic rings. The highest BCUT2D eigenvalue weighted by Crippen LogP contribution is 2.22. The zero-order chi connectivity index (χ0) is 19.0. The van der Waals surface area contributed by atoms with E-state index in [-0.39, 0.29) is 19.0 Å². The van der Waals surface area contributed by atoms with E-state index in [1.54, 1.807) is 16.9 Å². The van der Waals surface area contributed by atoms with E-state index < -0.39 is 22.2 Å². The van der Waals surface area contributed by atoms with Crippen molar-refractivity contribution in [2.45, 2.75) is 18.6 Å². The molecule has 0 amide bonds. The van der Waals surface area contributed by atoms with Gasteiger partial charge in [0.15, 0.2) is 0 Å². The van der Waals surface area contributed by atoms with Gasteiger partial charge in [-0.25, -0.2) is 22.3 Å². The molecule has 3 aromatic rings. The largest absolute Gasteiger partial charge is 0.347 e. The zero-order valence-corrected chi connectivity index (χ0v) is 15.5. The lowest BCUT2D eigenvalue weighted by Gasteiger charge is -2.33. The van der Waals surface area contributed by atoms with Crippen molar-refractivity contribution < 1.29 is 12.8 Å². The van der Waals surface area contributed by atoms with Crippen LogP contribution in [0, 0.1) is 0 Å². The number of halogens is 1. The smallest absolute Gasteiger partial charge is 0.241 e. The van der Waals surface area contributed by atoms with Crippen molar-refractivity contribution in [3.05, 3.63) is 42.7 Å². The Labute approximate surface area is 156 Å². The minimum atomic E-state index is -3.39. The molecule has 1 N–H and O–H groups in total. The Bertz CT molecular complexity index is 1060. The van der Waals surface area contributed by atoms with Crippen molar-refractivity contribution in [2.75, 3.05) is 24.7 Å². The molecule has 1 aliphatic heterocycles. The monoisotopic (exact) mass is 390 g/mol. The number of nitrogens with zero attached hydrogens (tertiary/aromatic N) is 5. The van der Waals surface area contributed by atoms with Gasteiger partial charge in [0, 0.05) is 19.3 Å². The molecular formula is C17H19FN6O2S. The minimum absolute atomic E-state index is 0.165. The maximum atomic E-state index is 14.5. The number of aromatic nitrogens is 4. The van der Waals surface area contributed by atoms with Crippen LogP contribution in [-0.2, 0) is 10.0 Å². The van der Waals surface area contributed by atoms with Crippen molar-refractivity contribution >= 4 is 21.5 Å². The molecule has 0 unspecified atom stereocenters. The molecule has 8 nitrogen and oxygen atoms in total. The molecule has 4 rings (SSSR count). The molecule has 0 spiro atoms. The third-order valence-electron chi connectivity index (χ3n) is 4.61. The Kier molecular flexibility index (Phi) is 4.52. The predicted octanol–water partition coefficient (Wildman–Crippen LogP) is 1.58. The molecule has 0 saturated carbocycles. The summed E-state index contributed by atoms with van der Waals surface area (Å²) in [6, 6.07) is 8.86. The maximum absolute atomic E-state index is 14.5. The molecule has 2 atom stereocenters. The Morgan fingerprint density at radius 1 is 1.22 bits per heavy atom. The van der Waals surface area contributed by atoms with Gasteiger partial charge in [-0.15, -0.1) is 5.10 Å². The summed E-state index contributed by atoms with van der Waals surface area (Å²) in [5, 5.41) is 7.47. The third-order valence-corrected chi connectivity index (χ3v) is 5.88. The Hall–Kier alpha value is -2.59. The van der Waals surface area contributed by atoms with E-state index >= 15 is 0 Å². The summed E-state index contributed by atoms with van der Waals surface area (Å²) >= 11 is 0. The van der Waals surface area contributed by atoms with Crippen molar-refractivity contribution in [1.82, 2.24) is 23.9 Å². The van der Waals surface area contributed by atoms with E-state index in [0.29, 0.717) is 6.42 Å². The zero-order valence-electron chi connectivity index (χ0n) is 14.7. The van der Waals surface area contributed by atoms with E-state index in [9.17, 15) is 12.8 Å². The van der Waals surface area contributed by atoms with Crippen molar-refractivity contribution in [2.24, 2.45) is 0 Å². The number of fused-ring (bicyclic) bond motifs is 1. The van der Waals surface area contributed by atoms with Crippen LogP contribution in [0.2, 0.25) is 0 Å². The van der Waals surface area contributed by atoms with Crippen LogP contribution in [-0.4, -0.2) is 63.9 Å². The van der Waals surface area contributed by atoms with Gasteiger partial charge in [0.25, 0.3) is 0 Å². The number of rotatable bonds is 4. The fourth-order valence-electron chi connectivity index (χ4n) is 3.18. The quantitative estimate of drug-likeness (QED) is 0.727. The molecule has 0 aromatic carbocycles. The van der Waals surface area contributed by atoms with Gasteiger partial charge in [-0.1, -0.05) is 6.07 Å². The van der Waals surface area contributed by atoms with Crippen LogP contribution in [0.25, 0.3) is 16.9 Å². The average Bonchev–Trinajstić information content (AvgIpc) is 3.06. The number of piperidine rings is 1. The molecule has 0 aliphatic carbocycles. The molecule has 142 valence electrons. The second-order valence-corrected chi connectivity index (χ2v) is 8.51. The van der Waals surface area contributed by atoms with Gasteiger partial charge in [-0.2, -0.15) is 4.31 Å². The normalized spacial score (nSPS) is 21.4. The van der Waals surface area contributed by atoms with Gasteiger partial charge in [0.2, 0.25) is 16.0 Å². The molecule has 0 bridgehead atoms. The SMILES string of the molecule is CS(=O)(=O)N1CC[C@H](Nc2ncc3ccc(-c4ccccn4)n3n2)[C@H](F)C1. The summed E-state index contributed by atoms with van der Waals surface area (Å²) in [6.45, 7) is 0.101. The van der Waals surface area contributed by atoms with Gasteiger partial charge in [0.05, 0.1) is 35.4 Å². The number of alkyl halides is 1. The Morgan fingerprint density at radius 2 is 2.07 bits per heavy atom. The van der Waals surface area contributed by atoms with E-state index in [2.05, 4.69) is 20.4 Å². The summed E-state index contributed by atoms with van der Waals surface area (Å²) in [4.78, 5) is 8.58.